The van der Waals surface area contributed by atoms with Crippen LogP contribution in [0.15, 0.2) is 42.9 Å². The second-order valence-corrected chi connectivity index (χ2v) is 5.19. The van der Waals surface area contributed by atoms with Crippen LogP contribution in [0.2, 0.25) is 0 Å². The number of amides is 1. The number of rotatable bonds is 3. The second-order valence-electron chi connectivity index (χ2n) is 5.19. The third-order valence-corrected chi connectivity index (χ3v) is 3.71. The number of carbonyl (C=O) groups is 1. The number of carbonyl (C=O) groups excluding carboxylic acids is 1. The summed E-state index contributed by atoms with van der Waals surface area (Å²) in [5.41, 5.74) is 1.92. The fraction of sp³-hybridized carbons (Fsp3) is 0.250. The van der Waals surface area contributed by atoms with Gasteiger partial charge in [-0.05, 0) is 30.2 Å². The van der Waals surface area contributed by atoms with Crippen molar-refractivity contribution in [3.63, 3.8) is 0 Å². The van der Waals surface area contributed by atoms with Gasteiger partial charge in [-0.1, -0.05) is 6.07 Å². The lowest BCUT2D eigenvalue weighted by atomic mass is 10.1. The van der Waals surface area contributed by atoms with Gasteiger partial charge in [0.2, 0.25) is 5.91 Å². The predicted octanol–water partition coefficient (Wildman–Crippen LogP) is 1.89. The molecule has 6 nitrogen and oxygen atoms in total. The molecule has 6 heteroatoms. The highest BCUT2D eigenvalue weighted by molar-refractivity contribution is 5.92. The number of nitriles is 1. The third kappa shape index (κ3) is 3.04. The van der Waals surface area contributed by atoms with Crippen LogP contribution in [0.25, 0.3) is 11.1 Å². The molecule has 2 aromatic heterocycles. The zero-order valence-corrected chi connectivity index (χ0v) is 11.9. The van der Waals surface area contributed by atoms with Crippen LogP contribution in [-0.4, -0.2) is 33.9 Å². The topological polar surface area (TPSA) is 81.9 Å². The molecule has 3 heterocycles. The van der Waals surface area contributed by atoms with Gasteiger partial charge in [0, 0.05) is 37.2 Å². The van der Waals surface area contributed by atoms with Gasteiger partial charge in [-0.2, -0.15) is 5.26 Å². The summed E-state index contributed by atoms with van der Waals surface area (Å²) in [6, 6.07) is 7.52. The molecule has 110 valence electrons. The number of hydrogen-bond donors (Lipinski definition) is 1. The Hall–Kier alpha value is -2.94. The molecule has 2 aromatic rings. The van der Waals surface area contributed by atoms with Crippen molar-refractivity contribution in [3.05, 3.63) is 42.9 Å². The maximum atomic E-state index is 12.2. The molecule has 0 aliphatic carbocycles. The number of aromatic nitrogens is 2. The summed E-state index contributed by atoms with van der Waals surface area (Å²) in [5.74, 6) is 0.263. The van der Waals surface area contributed by atoms with Gasteiger partial charge in [0.05, 0.1) is 5.92 Å². The molecule has 1 N–H and O–H groups in total. The maximum Gasteiger partial charge on any atom is 0.230 e. The molecule has 1 unspecified atom stereocenters. The summed E-state index contributed by atoms with van der Waals surface area (Å²) < 4.78 is 0. The summed E-state index contributed by atoms with van der Waals surface area (Å²) in [7, 11) is 0. The Labute approximate surface area is 128 Å². The van der Waals surface area contributed by atoms with Crippen LogP contribution in [0.5, 0.6) is 0 Å². The molecule has 1 fully saturated rings. The molecule has 0 saturated carbocycles. The largest absolute Gasteiger partial charge is 0.310 e. The fourth-order valence-corrected chi connectivity index (χ4v) is 2.51. The Morgan fingerprint density at radius 3 is 3.00 bits per heavy atom. The van der Waals surface area contributed by atoms with E-state index < -0.39 is 0 Å². The van der Waals surface area contributed by atoms with Crippen molar-refractivity contribution in [2.75, 3.05) is 18.4 Å². The molecule has 0 bridgehead atoms. The number of likely N-dealkylation sites (tertiary alicyclic amines) is 1. The van der Waals surface area contributed by atoms with Crippen molar-refractivity contribution in [1.82, 2.24) is 14.9 Å². The number of nitrogens with zero attached hydrogens (tertiary/aromatic N) is 4. The van der Waals surface area contributed by atoms with Crippen molar-refractivity contribution >= 4 is 11.7 Å². The molecule has 1 atom stereocenters. The summed E-state index contributed by atoms with van der Waals surface area (Å²) in [4.78, 5) is 22.1. The van der Waals surface area contributed by atoms with Gasteiger partial charge in [0.25, 0.3) is 0 Å². The minimum atomic E-state index is -0.163. The van der Waals surface area contributed by atoms with E-state index in [4.69, 9.17) is 5.26 Å². The smallest absolute Gasteiger partial charge is 0.230 e. The predicted molar refractivity (Wildman–Crippen MR) is 81.4 cm³/mol. The normalized spacial score (nSPS) is 17.0. The molecule has 3 rings (SSSR count). The Morgan fingerprint density at radius 1 is 1.36 bits per heavy atom. The van der Waals surface area contributed by atoms with Gasteiger partial charge in [-0.15, -0.1) is 0 Å². The summed E-state index contributed by atoms with van der Waals surface area (Å²) in [6.45, 7) is 1.11. The zero-order valence-electron chi connectivity index (χ0n) is 11.9. The van der Waals surface area contributed by atoms with Gasteiger partial charge in [0.1, 0.15) is 5.82 Å². The van der Waals surface area contributed by atoms with Crippen LogP contribution in [0.4, 0.5) is 5.82 Å². The van der Waals surface area contributed by atoms with E-state index in [1.54, 1.807) is 23.5 Å². The summed E-state index contributed by atoms with van der Waals surface area (Å²) in [5, 5.41) is 11.7. The first kappa shape index (κ1) is 14.0. The van der Waals surface area contributed by atoms with Gasteiger partial charge in [-0.3, -0.25) is 9.78 Å². The quantitative estimate of drug-likeness (QED) is 0.874. The average Bonchev–Trinajstić information content (AvgIpc) is 3.05. The first-order chi connectivity index (χ1) is 10.8. The minimum absolute atomic E-state index is 0.0893. The van der Waals surface area contributed by atoms with Crippen molar-refractivity contribution in [1.29, 1.82) is 5.26 Å². The molecular weight excluding hydrogens is 278 g/mol. The van der Waals surface area contributed by atoms with E-state index in [0.29, 0.717) is 25.3 Å². The Balaban J connectivity index is 1.71. The molecule has 1 aliphatic heterocycles. The number of pyridine rings is 2. The van der Waals surface area contributed by atoms with Crippen molar-refractivity contribution in [2.45, 2.75) is 6.42 Å². The van der Waals surface area contributed by atoms with E-state index in [-0.39, 0.29) is 11.8 Å². The summed E-state index contributed by atoms with van der Waals surface area (Å²) in [6.07, 6.45) is 7.91. The molecule has 1 amide bonds. The monoisotopic (exact) mass is 293 g/mol. The van der Waals surface area contributed by atoms with Crippen LogP contribution in [0.1, 0.15) is 6.42 Å². The Bertz CT molecular complexity index is 710. The van der Waals surface area contributed by atoms with Crippen molar-refractivity contribution < 1.29 is 4.79 Å². The molecular formula is C16H15N5O. The molecule has 0 aromatic carbocycles. The van der Waals surface area contributed by atoms with E-state index in [0.717, 1.165) is 11.1 Å². The molecule has 1 aliphatic rings. The van der Waals surface area contributed by atoms with E-state index in [9.17, 15) is 4.79 Å². The third-order valence-electron chi connectivity index (χ3n) is 3.71. The van der Waals surface area contributed by atoms with E-state index >= 15 is 0 Å². The minimum Gasteiger partial charge on any atom is -0.310 e. The number of anilines is 1. The lowest BCUT2D eigenvalue weighted by Gasteiger charge is -2.11. The first-order valence-electron chi connectivity index (χ1n) is 7.08. The van der Waals surface area contributed by atoms with Crippen molar-refractivity contribution in [3.8, 4) is 17.3 Å². The van der Waals surface area contributed by atoms with Crippen LogP contribution in [0.3, 0.4) is 0 Å². The zero-order chi connectivity index (χ0) is 15.4. The maximum absolute atomic E-state index is 12.2. The number of nitrogens with one attached hydrogen (secondary N) is 1. The van der Waals surface area contributed by atoms with Gasteiger partial charge >= 0.3 is 0 Å². The first-order valence-corrected chi connectivity index (χ1v) is 7.08. The summed E-state index contributed by atoms with van der Waals surface area (Å²) >= 11 is 0. The molecule has 22 heavy (non-hydrogen) atoms. The molecule has 0 spiro atoms. The van der Waals surface area contributed by atoms with E-state index in [1.807, 2.05) is 24.3 Å². The fourth-order valence-electron chi connectivity index (χ4n) is 2.51. The highest BCUT2D eigenvalue weighted by Crippen LogP contribution is 2.21. The molecule has 1 saturated heterocycles. The van der Waals surface area contributed by atoms with Crippen LogP contribution >= 0.6 is 0 Å². The lowest BCUT2D eigenvalue weighted by molar-refractivity contribution is -0.119. The Morgan fingerprint density at radius 2 is 2.27 bits per heavy atom. The van der Waals surface area contributed by atoms with Crippen LogP contribution in [0, 0.1) is 17.4 Å². The van der Waals surface area contributed by atoms with Crippen molar-refractivity contribution in [2.24, 2.45) is 5.92 Å². The van der Waals surface area contributed by atoms with Gasteiger partial charge in [0.15, 0.2) is 6.19 Å². The van der Waals surface area contributed by atoms with Gasteiger partial charge in [-0.25, -0.2) is 4.98 Å². The number of hydrogen-bond acceptors (Lipinski definition) is 5. The average molecular weight is 293 g/mol. The SMILES string of the molecule is N#CN1CCC(C(=O)Nc2cc(-c3cccnc3)ccn2)C1. The highest BCUT2D eigenvalue weighted by atomic mass is 16.2. The van der Waals surface area contributed by atoms with Crippen LogP contribution in [-0.2, 0) is 4.79 Å². The lowest BCUT2D eigenvalue weighted by Crippen LogP contribution is -2.25. The van der Waals surface area contributed by atoms with E-state index in [2.05, 4.69) is 21.5 Å². The Kier molecular flexibility index (Phi) is 3.97. The second kappa shape index (κ2) is 6.22. The standard InChI is InChI=1S/C16H15N5O/c17-11-21-7-4-14(10-21)16(22)20-15-8-12(3-6-19-15)13-2-1-5-18-9-13/h1-3,5-6,8-9,14H,4,7,10H2,(H,19,20,22). The van der Waals surface area contributed by atoms with Gasteiger partial charge < -0.3 is 10.2 Å². The van der Waals surface area contributed by atoms with E-state index in [1.165, 1.54) is 0 Å². The van der Waals surface area contributed by atoms with Crippen LogP contribution < -0.4 is 5.32 Å². The molecule has 0 radical (unpaired) electrons. The highest BCUT2D eigenvalue weighted by Gasteiger charge is 2.27.